The van der Waals surface area contributed by atoms with Crippen LogP contribution in [0.15, 0.2) is 11.1 Å². The van der Waals surface area contributed by atoms with Crippen LogP contribution in [-0.2, 0) is 36.3 Å². The average Bonchev–Trinajstić information content (AvgIpc) is 3.23. The molecule has 2 fully saturated rings. The van der Waals surface area contributed by atoms with Gasteiger partial charge < -0.3 is 39.9 Å². The zero-order chi connectivity index (χ0) is 26.2. The Balaban J connectivity index is 1.60. The van der Waals surface area contributed by atoms with Gasteiger partial charge in [0.25, 0.3) is 5.56 Å². The van der Waals surface area contributed by atoms with Crippen molar-refractivity contribution < 1.29 is 61.0 Å². The molecule has 2 aromatic heterocycles. The van der Waals surface area contributed by atoms with Crippen LogP contribution in [0.1, 0.15) is 20.1 Å². The summed E-state index contributed by atoms with van der Waals surface area (Å²) in [5.41, 5.74) is 1.57. The summed E-state index contributed by atoms with van der Waals surface area (Å²) in [6.45, 7) is 1.94. The molecule has 8 N–H and O–H groups in total. The predicted molar refractivity (Wildman–Crippen MR) is 110 cm³/mol. The average molecular weight is 563 g/mol. The first-order valence-electron chi connectivity index (χ1n) is 9.41. The fourth-order valence-electron chi connectivity index (χ4n) is 3.95. The monoisotopic (exact) mass is 563 g/mol. The van der Waals surface area contributed by atoms with Crippen molar-refractivity contribution in [2.45, 2.75) is 43.5 Å². The third-order valence-electron chi connectivity index (χ3n) is 5.43. The van der Waals surface area contributed by atoms with E-state index in [1.54, 1.807) is 0 Å². The molecule has 196 valence electrons. The summed E-state index contributed by atoms with van der Waals surface area (Å²) in [6.07, 6.45) is -2.65. The summed E-state index contributed by atoms with van der Waals surface area (Å²) < 4.78 is 59.7. The van der Waals surface area contributed by atoms with Gasteiger partial charge in [0.2, 0.25) is 5.95 Å². The number of ether oxygens (including phenoxy) is 2. The van der Waals surface area contributed by atoms with E-state index in [1.165, 1.54) is 24.7 Å². The van der Waals surface area contributed by atoms with Gasteiger partial charge in [-0.25, -0.2) is 18.7 Å². The van der Waals surface area contributed by atoms with Gasteiger partial charge in [0.1, 0.15) is 12.2 Å². The van der Waals surface area contributed by atoms with Crippen molar-refractivity contribution in [2.24, 2.45) is 0 Å². The lowest BCUT2D eigenvalue weighted by molar-refractivity contribution is -0.255. The van der Waals surface area contributed by atoms with Crippen LogP contribution >= 0.6 is 23.5 Å². The molecular formula is C13H20N5O14P3. The number of fused-ring (bicyclic) bond motifs is 3. The Labute approximate surface area is 194 Å². The molecule has 22 heteroatoms. The van der Waals surface area contributed by atoms with Crippen LogP contribution in [0.2, 0.25) is 0 Å². The van der Waals surface area contributed by atoms with Crippen molar-refractivity contribution in [3.05, 3.63) is 16.7 Å². The molecule has 35 heavy (non-hydrogen) atoms. The number of phosphoric ester groups is 1. The number of imidazole rings is 1. The van der Waals surface area contributed by atoms with Gasteiger partial charge in [-0.1, -0.05) is 0 Å². The van der Waals surface area contributed by atoms with Crippen LogP contribution < -0.4 is 11.3 Å². The molecule has 2 unspecified atom stereocenters. The number of nitrogens with zero attached hydrogens (tertiary/aromatic N) is 3. The molecule has 6 atom stereocenters. The maximum atomic E-state index is 12.2. The maximum Gasteiger partial charge on any atom is 0.490 e. The summed E-state index contributed by atoms with van der Waals surface area (Å²) >= 11 is 0. The van der Waals surface area contributed by atoms with Crippen LogP contribution in [0, 0.1) is 0 Å². The van der Waals surface area contributed by atoms with Crippen molar-refractivity contribution in [3.8, 4) is 0 Å². The molecule has 0 aromatic carbocycles. The van der Waals surface area contributed by atoms with Gasteiger partial charge in [-0.15, -0.1) is 0 Å². The van der Waals surface area contributed by atoms with Crippen molar-refractivity contribution in [1.82, 2.24) is 19.5 Å². The van der Waals surface area contributed by atoms with Gasteiger partial charge >= 0.3 is 23.5 Å². The summed E-state index contributed by atoms with van der Waals surface area (Å²) in [7, 11) is -16.9. The molecule has 0 radical (unpaired) electrons. The van der Waals surface area contributed by atoms with Crippen LogP contribution in [0.25, 0.3) is 11.2 Å². The fourth-order valence-corrected chi connectivity index (χ4v) is 7.00. The maximum absolute atomic E-state index is 12.2. The number of phosphoric acid groups is 3. The number of nitrogens with two attached hydrogens (primary N) is 1. The number of aliphatic hydroxyl groups is 1. The van der Waals surface area contributed by atoms with Crippen molar-refractivity contribution in [3.63, 3.8) is 0 Å². The first kappa shape index (κ1) is 26.5. The lowest BCUT2D eigenvalue weighted by Gasteiger charge is -2.42. The summed E-state index contributed by atoms with van der Waals surface area (Å²) in [5, 5.41) is 10.9. The minimum atomic E-state index is -5.75. The highest BCUT2D eigenvalue weighted by atomic mass is 31.3. The second-order valence-corrected chi connectivity index (χ2v) is 12.5. The number of hydrogen-bond donors (Lipinski definition) is 7. The lowest BCUT2D eigenvalue weighted by atomic mass is 9.84. The Hall–Kier alpha value is -1.56. The van der Waals surface area contributed by atoms with E-state index < -0.39 is 65.3 Å². The van der Waals surface area contributed by atoms with Crippen LogP contribution in [-0.4, -0.2) is 74.2 Å². The van der Waals surface area contributed by atoms with Gasteiger partial charge in [-0.05, 0) is 13.8 Å². The standard InChI is InChI=1S/C13H20N5O14P3/c1-12(2)13(3-28-34(24,25)32-35(26,27)31-33(21,22)23)7(19)6(29-12)10(30-13)18-4-15-5-8(18)16-11(14)17-9(5)20/h4,6-7,10,19H,3H2,1-2H3,(H,24,25)(H,26,27)(H2,21,22,23)(H3,14,16,17,20)/t6-,7+,10-,13-/m1/s1. The lowest BCUT2D eigenvalue weighted by Crippen LogP contribution is -2.57. The third-order valence-corrected chi connectivity index (χ3v) is 9.22. The Kier molecular flexibility index (Phi) is 6.23. The summed E-state index contributed by atoms with van der Waals surface area (Å²) in [4.78, 5) is 58.7. The molecule has 19 nitrogen and oxygen atoms in total. The number of rotatable bonds is 8. The largest absolute Gasteiger partial charge is 0.490 e. The van der Waals surface area contributed by atoms with Crippen LogP contribution in [0.3, 0.4) is 0 Å². The van der Waals surface area contributed by atoms with E-state index in [1.807, 2.05) is 0 Å². The Morgan fingerprint density at radius 2 is 1.83 bits per heavy atom. The van der Waals surface area contributed by atoms with Gasteiger partial charge in [0.05, 0.1) is 18.5 Å². The number of aliphatic hydroxyl groups excluding tert-OH is 1. The second kappa shape index (κ2) is 8.22. The van der Waals surface area contributed by atoms with E-state index in [0.29, 0.717) is 0 Å². The minimum Gasteiger partial charge on any atom is -0.387 e. The van der Waals surface area contributed by atoms with E-state index >= 15 is 0 Å². The molecule has 2 aromatic rings. The molecule has 2 aliphatic heterocycles. The van der Waals surface area contributed by atoms with Gasteiger partial charge in [0, 0.05) is 0 Å². The number of hydrogen-bond acceptors (Lipinski definition) is 13. The van der Waals surface area contributed by atoms with Crippen LogP contribution in [0.5, 0.6) is 0 Å². The summed E-state index contributed by atoms with van der Waals surface area (Å²) in [6, 6.07) is 0. The molecule has 0 spiro atoms. The van der Waals surface area contributed by atoms with E-state index in [0.717, 1.165) is 0 Å². The van der Waals surface area contributed by atoms with E-state index in [9.17, 15) is 33.4 Å². The highest BCUT2D eigenvalue weighted by molar-refractivity contribution is 7.66. The Morgan fingerprint density at radius 3 is 2.46 bits per heavy atom. The molecule has 0 saturated carbocycles. The first-order chi connectivity index (χ1) is 15.9. The first-order valence-corrected chi connectivity index (χ1v) is 13.9. The molecule has 4 heterocycles. The van der Waals surface area contributed by atoms with Crippen LogP contribution in [0.4, 0.5) is 5.95 Å². The molecule has 2 aliphatic rings. The predicted octanol–water partition coefficient (Wildman–Crippen LogP) is -1.15. The summed E-state index contributed by atoms with van der Waals surface area (Å²) in [5.74, 6) is -0.225. The molecule has 4 rings (SSSR count). The fraction of sp³-hybridized carbons (Fsp3) is 0.615. The Bertz CT molecular complexity index is 1370. The van der Waals surface area contributed by atoms with E-state index in [2.05, 4.69) is 23.6 Å². The Morgan fingerprint density at radius 1 is 1.17 bits per heavy atom. The van der Waals surface area contributed by atoms with E-state index in [4.69, 9.17) is 29.5 Å². The molecule has 0 aliphatic carbocycles. The van der Waals surface area contributed by atoms with Crippen molar-refractivity contribution in [1.29, 1.82) is 0 Å². The second-order valence-electron chi connectivity index (χ2n) is 8.08. The molecule has 0 amide bonds. The highest BCUT2D eigenvalue weighted by Gasteiger charge is 2.71. The zero-order valence-electron chi connectivity index (χ0n) is 17.7. The minimum absolute atomic E-state index is 0.0135. The molecule has 2 bridgehead atoms. The topological polar surface area (TPSA) is 288 Å². The third kappa shape index (κ3) is 4.76. The smallest absolute Gasteiger partial charge is 0.387 e. The number of nitrogens with one attached hydrogen (secondary N) is 1. The normalized spacial score (nSPS) is 31.5. The van der Waals surface area contributed by atoms with Gasteiger partial charge in [0.15, 0.2) is 23.0 Å². The zero-order valence-corrected chi connectivity index (χ0v) is 20.4. The number of nitrogen functional groups attached to an aromatic ring is 1. The van der Waals surface area contributed by atoms with Crippen molar-refractivity contribution in [2.75, 3.05) is 12.3 Å². The van der Waals surface area contributed by atoms with Gasteiger partial charge in [-0.2, -0.15) is 13.6 Å². The quantitative estimate of drug-likeness (QED) is 0.187. The van der Waals surface area contributed by atoms with E-state index in [-0.39, 0.29) is 17.1 Å². The van der Waals surface area contributed by atoms with Gasteiger partial charge in [-0.3, -0.25) is 18.9 Å². The number of aromatic amines is 1. The number of anilines is 1. The number of H-pyrrole nitrogens is 1. The van der Waals surface area contributed by atoms with Crippen molar-refractivity contribution >= 4 is 40.6 Å². The molecular weight excluding hydrogens is 543 g/mol. The highest BCUT2D eigenvalue weighted by Crippen LogP contribution is 2.67. The SMILES string of the molecule is CC1(C)O[C@H]2[C@H](n3cnc4c(=O)[nH]c(N)nc43)O[C@]1(COP(=O)(O)OP(=O)(O)OP(=O)(O)O)[C@H]2O. The number of aromatic nitrogens is 4. The molecule has 2 saturated heterocycles.